The molecule has 1 aromatic heterocycles. The van der Waals surface area contributed by atoms with E-state index >= 15 is 0 Å². The molecule has 0 bridgehead atoms. The summed E-state index contributed by atoms with van der Waals surface area (Å²) in [5.74, 6) is 0. The van der Waals surface area contributed by atoms with Gasteiger partial charge in [0.05, 0.1) is 11.4 Å². The maximum absolute atomic E-state index is 5.55. The van der Waals surface area contributed by atoms with Crippen LogP contribution in [0.15, 0.2) is 30.6 Å². The Morgan fingerprint density at radius 2 is 2.50 bits per heavy atom. The first-order valence-corrected chi connectivity index (χ1v) is 2.91. The summed E-state index contributed by atoms with van der Waals surface area (Å²) in [5.41, 5.74) is 9.52. The largest absolute Gasteiger partial charge is 0.397 e. The van der Waals surface area contributed by atoms with Gasteiger partial charge in [-0.05, 0) is 12.1 Å². The molecule has 0 aliphatic rings. The first-order chi connectivity index (χ1) is 4.84. The zero-order chi connectivity index (χ0) is 7.40. The van der Waals surface area contributed by atoms with E-state index in [1.807, 2.05) is 0 Å². The van der Waals surface area contributed by atoms with E-state index in [1.54, 1.807) is 24.4 Å². The second-order valence-electron chi connectivity index (χ2n) is 1.83. The summed E-state index contributed by atoms with van der Waals surface area (Å²) in [6, 6.07) is 3.58. The molecule has 1 heterocycles. The van der Waals surface area contributed by atoms with Crippen molar-refractivity contribution in [1.29, 1.82) is 0 Å². The summed E-state index contributed by atoms with van der Waals surface area (Å²) in [6.45, 7) is 3.42. The topological polar surface area (TPSA) is 38.9 Å². The average Bonchev–Trinajstić information content (AvgIpc) is 1.94. The molecule has 0 spiro atoms. The van der Waals surface area contributed by atoms with Crippen LogP contribution in [0.5, 0.6) is 0 Å². The Labute approximate surface area is 59.7 Å². The van der Waals surface area contributed by atoms with E-state index in [1.165, 1.54) is 0 Å². The molecule has 0 saturated heterocycles. The van der Waals surface area contributed by atoms with E-state index < -0.39 is 0 Å². The van der Waals surface area contributed by atoms with Crippen LogP contribution >= 0.6 is 0 Å². The third-order valence-corrected chi connectivity index (χ3v) is 1.11. The van der Waals surface area contributed by atoms with Gasteiger partial charge in [0.15, 0.2) is 0 Å². The van der Waals surface area contributed by atoms with Crippen LogP contribution < -0.4 is 5.73 Å². The van der Waals surface area contributed by atoms with Crippen molar-refractivity contribution in [3.05, 3.63) is 36.3 Å². The lowest BCUT2D eigenvalue weighted by Gasteiger charge is -1.94. The summed E-state index contributed by atoms with van der Waals surface area (Å²) < 4.78 is 0. The second kappa shape index (κ2) is 2.85. The van der Waals surface area contributed by atoms with Crippen molar-refractivity contribution in [1.82, 2.24) is 4.98 Å². The van der Waals surface area contributed by atoms with Crippen LogP contribution in [0.1, 0.15) is 5.69 Å². The van der Waals surface area contributed by atoms with Crippen LogP contribution in [0, 0.1) is 0 Å². The molecule has 0 aliphatic heterocycles. The van der Waals surface area contributed by atoms with Crippen molar-refractivity contribution in [3.63, 3.8) is 0 Å². The molecular weight excluding hydrogens is 124 g/mol. The van der Waals surface area contributed by atoms with Crippen molar-refractivity contribution in [3.8, 4) is 0 Å². The fraction of sp³-hybridized carbons (Fsp3) is 0. The minimum Gasteiger partial charge on any atom is -0.397 e. The Morgan fingerprint density at radius 3 is 3.10 bits per heavy atom. The maximum Gasteiger partial charge on any atom is 0.0935 e. The number of rotatable bonds is 1. The third kappa shape index (κ3) is 1.24. The normalized spacial score (nSPS) is 8.40. The Morgan fingerprint density at radius 1 is 1.70 bits per heavy atom. The van der Waals surface area contributed by atoms with E-state index in [0.717, 1.165) is 5.69 Å². The molecule has 0 aromatic carbocycles. The molecule has 0 aliphatic carbocycles. The highest BCUT2D eigenvalue weighted by Crippen LogP contribution is 2.06. The molecule has 0 atom stereocenters. The van der Waals surface area contributed by atoms with Gasteiger partial charge in [-0.3, -0.25) is 4.98 Å². The van der Waals surface area contributed by atoms with E-state index in [2.05, 4.69) is 17.3 Å². The first kappa shape index (κ1) is 6.59. The van der Waals surface area contributed by atoms with Crippen LogP contribution in [-0.4, -0.2) is 4.98 Å². The number of hydrogen-bond acceptors (Lipinski definition) is 2. The molecule has 0 unspecified atom stereocenters. The highest BCUT2D eigenvalue weighted by Gasteiger charge is 1.90. The zero-order valence-electron chi connectivity index (χ0n) is 5.54. The zero-order valence-corrected chi connectivity index (χ0v) is 5.54. The number of nitrogens with zero attached hydrogens (tertiary/aromatic N) is 1. The fourth-order valence-electron chi connectivity index (χ4n) is 0.647. The summed E-state index contributed by atoms with van der Waals surface area (Å²) in [7, 11) is 0. The van der Waals surface area contributed by atoms with Crippen LogP contribution in [0.25, 0.3) is 6.08 Å². The first-order valence-electron chi connectivity index (χ1n) is 2.91. The van der Waals surface area contributed by atoms with Crippen molar-refractivity contribution in [2.45, 2.75) is 0 Å². The Balaban J connectivity index is 3.14. The van der Waals surface area contributed by atoms with Crippen LogP contribution in [0.2, 0.25) is 0 Å². The Bertz CT molecular complexity index is 272. The second-order valence-corrected chi connectivity index (χ2v) is 1.83. The molecular formula is C8H8N2. The van der Waals surface area contributed by atoms with Gasteiger partial charge in [0, 0.05) is 12.3 Å². The fourth-order valence-corrected chi connectivity index (χ4v) is 0.647. The predicted octanol–water partition coefficient (Wildman–Crippen LogP) is 1.46. The van der Waals surface area contributed by atoms with Crippen LogP contribution in [-0.2, 0) is 0 Å². The molecule has 50 valence electrons. The van der Waals surface area contributed by atoms with E-state index in [0.29, 0.717) is 5.69 Å². The smallest absolute Gasteiger partial charge is 0.0935 e. The van der Waals surface area contributed by atoms with Gasteiger partial charge in [-0.15, -0.1) is 5.73 Å². The molecule has 0 radical (unpaired) electrons. The molecule has 10 heavy (non-hydrogen) atoms. The number of anilines is 1. The van der Waals surface area contributed by atoms with Gasteiger partial charge >= 0.3 is 0 Å². The monoisotopic (exact) mass is 132 g/mol. The van der Waals surface area contributed by atoms with Crippen molar-refractivity contribution >= 4 is 11.8 Å². The minimum atomic E-state index is 0.652. The SMILES string of the molecule is C=C=Cc1ncccc1N. The van der Waals surface area contributed by atoms with E-state index in [4.69, 9.17) is 5.73 Å². The number of aromatic nitrogens is 1. The lowest BCUT2D eigenvalue weighted by Crippen LogP contribution is -1.90. The number of hydrogen-bond donors (Lipinski definition) is 1. The highest BCUT2D eigenvalue weighted by molar-refractivity contribution is 5.59. The predicted molar refractivity (Wildman–Crippen MR) is 42.3 cm³/mol. The standard InChI is InChI=1S/C8H8N2/c1-2-4-8-7(9)5-3-6-10-8/h3-6H,1,9H2. The summed E-state index contributed by atoms with van der Waals surface area (Å²) in [6.07, 6.45) is 3.33. The summed E-state index contributed by atoms with van der Waals surface area (Å²) in [4.78, 5) is 3.98. The molecule has 2 nitrogen and oxygen atoms in total. The molecule has 2 N–H and O–H groups in total. The van der Waals surface area contributed by atoms with Crippen LogP contribution in [0.4, 0.5) is 5.69 Å². The lowest BCUT2D eigenvalue weighted by molar-refractivity contribution is 1.30. The van der Waals surface area contributed by atoms with E-state index in [9.17, 15) is 0 Å². The average molecular weight is 132 g/mol. The Kier molecular flexibility index (Phi) is 1.88. The van der Waals surface area contributed by atoms with Crippen molar-refractivity contribution < 1.29 is 0 Å². The van der Waals surface area contributed by atoms with Gasteiger partial charge in [0.1, 0.15) is 0 Å². The number of pyridine rings is 1. The number of nitrogens with two attached hydrogens (primary N) is 1. The van der Waals surface area contributed by atoms with Gasteiger partial charge in [-0.25, -0.2) is 0 Å². The van der Waals surface area contributed by atoms with Crippen molar-refractivity contribution in [2.75, 3.05) is 5.73 Å². The minimum absolute atomic E-state index is 0.652. The maximum atomic E-state index is 5.55. The van der Waals surface area contributed by atoms with Gasteiger partial charge in [-0.1, -0.05) is 6.58 Å². The lowest BCUT2D eigenvalue weighted by atomic mass is 10.3. The third-order valence-electron chi connectivity index (χ3n) is 1.11. The summed E-state index contributed by atoms with van der Waals surface area (Å²) >= 11 is 0. The van der Waals surface area contributed by atoms with Gasteiger partial charge in [0.2, 0.25) is 0 Å². The molecule has 1 rings (SSSR count). The Hall–Kier alpha value is -1.53. The quantitative estimate of drug-likeness (QED) is 0.587. The van der Waals surface area contributed by atoms with Crippen molar-refractivity contribution in [2.24, 2.45) is 0 Å². The molecule has 1 aromatic rings. The van der Waals surface area contributed by atoms with E-state index in [-0.39, 0.29) is 0 Å². The van der Waals surface area contributed by atoms with Gasteiger partial charge in [0.25, 0.3) is 0 Å². The molecule has 0 fully saturated rings. The van der Waals surface area contributed by atoms with Gasteiger partial charge < -0.3 is 5.73 Å². The number of nitrogen functional groups attached to an aromatic ring is 1. The molecule has 0 saturated carbocycles. The molecule has 0 amide bonds. The molecule has 2 heteroatoms. The summed E-state index contributed by atoms with van der Waals surface area (Å²) in [5, 5.41) is 0. The van der Waals surface area contributed by atoms with Gasteiger partial charge in [-0.2, -0.15) is 0 Å². The highest BCUT2D eigenvalue weighted by atomic mass is 14.7. The van der Waals surface area contributed by atoms with Crippen LogP contribution in [0.3, 0.4) is 0 Å².